The summed E-state index contributed by atoms with van der Waals surface area (Å²) in [4.78, 5) is 8.46. The average molecular weight is 351 g/mol. The molecule has 0 amide bonds. The molecule has 0 saturated carbocycles. The summed E-state index contributed by atoms with van der Waals surface area (Å²) in [5, 5.41) is 2.28. The van der Waals surface area contributed by atoms with E-state index >= 15 is 0 Å². The van der Waals surface area contributed by atoms with Crippen molar-refractivity contribution >= 4 is 27.5 Å². The number of anilines is 1. The van der Waals surface area contributed by atoms with Gasteiger partial charge in [-0.1, -0.05) is 0 Å². The second-order valence-corrected chi connectivity index (χ2v) is 5.49. The van der Waals surface area contributed by atoms with Crippen molar-refractivity contribution in [2.75, 3.05) is 19.5 Å². The van der Waals surface area contributed by atoms with Gasteiger partial charge in [-0.3, -0.25) is 0 Å². The number of hydrogen-bond donors (Lipinski definition) is 1. The standard InChI is InChI=1S/C17H16F3N3O2/c1-24-16-14-12(5-7-22-15(14)21)11-4-3-10(9-13(11)23-16)25-8-2-6-17(18,19)20/h3-5,7,9H,2,6,8H2,1H3,(H2,21,22). The smallest absolute Gasteiger partial charge is 0.389 e. The van der Waals surface area contributed by atoms with Crippen LogP contribution in [0.2, 0.25) is 0 Å². The van der Waals surface area contributed by atoms with Gasteiger partial charge in [-0.15, -0.1) is 0 Å². The third kappa shape index (κ3) is 3.67. The number of pyridine rings is 2. The Morgan fingerprint density at radius 3 is 2.68 bits per heavy atom. The highest BCUT2D eigenvalue weighted by atomic mass is 19.4. The van der Waals surface area contributed by atoms with Crippen molar-refractivity contribution in [3.8, 4) is 11.6 Å². The lowest BCUT2D eigenvalue weighted by atomic mass is 10.1. The van der Waals surface area contributed by atoms with Crippen LogP contribution in [-0.2, 0) is 0 Å². The molecule has 8 heteroatoms. The summed E-state index contributed by atoms with van der Waals surface area (Å²) in [7, 11) is 1.48. The second kappa shape index (κ2) is 6.62. The van der Waals surface area contributed by atoms with E-state index in [1.54, 1.807) is 24.4 Å². The molecule has 2 N–H and O–H groups in total. The molecule has 0 atom stereocenters. The van der Waals surface area contributed by atoms with E-state index in [0.29, 0.717) is 28.4 Å². The molecule has 2 heterocycles. The third-order valence-corrected chi connectivity index (χ3v) is 3.74. The fourth-order valence-electron chi connectivity index (χ4n) is 2.62. The number of rotatable bonds is 5. The molecule has 0 spiro atoms. The zero-order chi connectivity index (χ0) is 18.0. The molecule has 0 aliphatic carbocycles. The van der Waals surface area contributed by atoms with Crippen LogP contribution in [0.25, 0.3) is 21.7 Å². The van der Waals surface area contributed by atoms with Crippen LogP contribution in [0.3, 0.4) is 0 Å². The van der Waals surface area contributed by atoms with Gasteiger partial charge in [0.15, 0.2) is 0 Å². The lowest BCUT2D eigenvalue weighted by molar-refractivity contribution is -0.136. The van der Waals surface area contributed by atoms with Gasteiger partial charge in [-0.05, 0) is 24.6 Å². The molecule has 0 radical (unpaired) electrons. The summed E-state index contributed by atoms with van der Waals surface area (Å²) >= 11 is 0. The van der Waals surface area contributed by atoms with Gasteiger partial charge in [0.1, 0.15) is 11.6 Å². The summed E-state index contributed by atoms with van der Waals surface area (Å²) in [6.45, 7) is -0.0212. The van der Waals surface area contributed by atoms with Crippen molar-refractivity contribution in [2.24, 2.45) is 0 Å². The Hall–Kier alpha value is -2.77. The van der Waals surface area contributed by atoms with Gasteiger partial charge in [0, 0.05) is 29.5 Å². The number of nitrogens with two attached hydrogens (primary N) is 1. The topological polar surface area (TPSA) is 70.3 Å². The maximum Gasteiger partial charge on any atom is 0.389 e. The highest BCUT2D eigenvalue weighted by Crippen LogP contribution is 2.34. The van der Waals surface area contributed by atoms with Crippen LogP contribution in [0.1, 0.15) is 12.8 Å². The first-order valence-corrected chi connectivity index (χ1v) is 7.60. The monoisotopic (exact) mass is 351 g/mol. The number of fused-ring (bicyclic) bond motifs is 3. The molecular formula is C17H16F3N3O2. The van der Waals surface area contributed by atoms with Crippen molar-refractivity contribution in [2.45, 2.75) is 19.0 Å². The number of nitrogen functional groups attached to an aromatic ring is 1. The fraction of sp³-hybridized carbons (Fsp3) is 0.294. The first-order valence-electron chi connectivity index (χ1n) is 7.60. The highest BCUT2D eigenvalue weighted by Gasteiger charge is 2.26. The van der Waals surface area contributed by atoms with Crippen LogP contribution < -0.4 is 15.2 Å². The predicted molar refractivity (Wildman–Crippen MR) is 88.8 cm³/mol. The highest BCUT2D eigenvalue weighted by molar-refractivity contribution is 6.11. The Bertz CT molecular complexity index is 913. The molecule has 2 aromatic heterocycles. The van der Waals surface area contributed by atoms with Crippen LogP contribution in [0.4, 0.5) is 19.0 Å². The quantitative estimate of drug-likeness (QED) is 0.554. The molecule has 0 unspecified atom stereocenters. The molecule has 0 saturated heterocycles. The maximum atomic E-state index is 12.2. The Labute approximate surface area is 141 Å². The van der Waals surface area contributed by atoms with Gasteiger partial charge in [0.2, 0.25) is 5.88 Å². The summed E-state index contributed by atoms with van der Waals surface area (Å²) in [6, 6.07) is 6.96. The molecular weight excluding hydrogens is 335 g/mol. The van der Waals surface area contributed by atoms with Crippen LogP contribution >= 0.6 is 0 Å². The van der Waals surface area contributed by atoms with E-state index in [0.717, 1.165) is 10.8 Å². The molecule has 3 rings (SSSR count). The van der Waals surface area contributed by atoms with E-state index in [9.17, 15) is 13.2 Å². The Morgan fingerprint density at radius 2 is 1.96 bits per heavy atom. The van der Waals surface area contributed by atoms with Gasteiger partial charge >= 0.3 is 6.18 Å². The molecule has 0 bridgehead atoms. The molecule has 132 valence electrons. The minimum absolute atomic E-state index is 0.0212. The summed E-state index contributed by atoms with van der Waals surface area (Å²) in [5.41, 5.74) is 6.52. The number of benzene rings is 1. The zero-order valence-electron chi connectivity index (χ0n) is 13.4. The van der Waals surface area contributed by atoms with Crippen LogP contribution in [0.15, 0.2) is 30.5 Å². The minimum Gasteiger partial charge on any atom is -0.494 e. The van der Waals surface area contributed by atoms with E-state index in [2.05, 4.69) is 9.97 Å². The first kappa shape index (κ1) is 17.1. The Kier molecular flexibility index (Phi) is 4.52. The van der Waals surface area contributed by atoms with Gasteiger partial charge in [-0.2, -0.15) is 13.2 Å². The molecule has 25 heavy (non-hydrogen) atoms. The van der Waals surface area contributed by atoms with Crippen molar-refractivity contribution < 1.29 is 22.6 Å². The first-order chi connectivity index (χ1) is 11.9. The number of alkyl halides is 3. The number of methoxy groups -OCH3 is 1. The zero-order valence-corrected chi connectivity index (χ0v) is 13.4. The van der Waals surface area contributed by atoms with Crippen LogP contribution in [0.5, 0.6) is 11.6 Å². The lowest BCUT2D eigenvalue weighted by Gasteiger charge is -2.12. The van der Waals surface area contributed by atoms with Crippen LogP contribution in [0, 0.1) is 0 Å². The number of aromatic nitrogens is 2. The molecule has 0 aliphatic heterocycles. The molecule has 3 aromatic rings. The van der Waals surface area contributed by atoms with Crippen molar-refractivity contribution in [3.63, 3.8) is 0 Å². The molecule has 1 aromatic carbocycles. The van der Waals surface area contributed by atoms with Gasteiger partial charge in [0.25, 0.3) is 0 Å². The maximum absolute atomic E-state index is 12.2. The van der Waals surface area contributed by atoms with Crippen molar-refractivity contribution in [1.29, 1.82) is 0 Å². The average Bonchev–Trinajstić information content (AvgIpc) is 2.57. The number of halogens is 3. The molecule has 0 fully saturated rings. The normalized spacial score (nSPS) is 11.8. The predicted octanol–water partition coefficient (Wildman–Crippen LogP) is 4.10. The Balaban J connectivity index is 1.92. The van der Waals surface area contributed by atoms with Crippen molar-refractivity contribution in [3.05, 3.63) is 30.5 Å². The molecule has 5 nitrogen and oxygen atoms in total. The summed E-state index contributed by atoms with van der Waals surface area (Å²) in [5.74, 6) is 1.10. The number of ether oxygens (including phenoxy) is 2. The number of nitrogens with zero attached hydrogens (tertiary/aromatic N) is 2. The SMILES string of the molecule is COc1nc2cc(OCCCC(F)(F)F)ccc2c2ccnc(N)c12. The van der Waals surface area contributed by atoms with Gasteiger partial charge in [-0.25, -0.2) is 9.97 Å². The number of hydrogen-bond acceptors (Lipinski definition) is 5. The van der Waals surface area contributed by atoms with Crippen LogP contribution in [-0.4, -0.2) is 29.9 Å². The summed E-state index contributed by atoms with van der Waals surface area (Å²) in [6.07, 6.45) is -3.55. The van der Waals surface area contributed by atoms with E-state index in [1.807, 2.05) is 6.07 Å². The van der Waals surface area contributed by atoms with E-state index in [1.165, 1.54) is 7.11 Å². The van der Waals surface area contributed by atoms with E-state index in [-0.39, 0.29) is 13.0 Å². The summed E-state index contributed by atoms with van der Waals surface area (Å²) < 4.78 is 47.2. The second-order valence-electron chi connectivity index (χ2n) is 5.49. The minimum atomic E-state index is -4.17. The van der Waals surface area contributed by atoms with E-state index < -0.39 is 12.6 Å². The van der Waals surface area contributed by atoms with Gasteiger partial charge in [0.05, 0.1) is 24.6 Å². The Morgan fingerprint density at radius 1 is 1.16 bits per heavy atom. The molecule has 0 aliphatic rings. The largest absolute Gasteiger partial charge is 0.494 e. The van der Waals surface area contributed by atoms with E-state index in [4.69, 9.17) is 15.2 Å². The third-order valence-electron chi connectivity index (χ3n) is 3.74. The fourth-order valence-corrected chi connectivity index (χ4v) is 2.62. The van der Waals surface area contributed by atoms with Crippen molar-refractivity contribution in [1.82, 2.24) is 9.97 Å². The van der Waals surface area contributed by atoms with Gasteiger partial charge < -0.3 is 15.2 Å². The lowest BCUT2D eigenvalue weighted by Crippen LogP contribution is -2.09.